The van der Waals surface area contributed by atoms with Crippen molar-refractivity contribution >= 4 is 45.2 Å². The molecule has 0 saturated heterocycles. The SMILES string of the molecule is COc1cc(C=CC(c2ccc(F)cc2Cl)S(=O)(=O)C(C=Cc2ccc(O)c(OC)c2)c2ccc(F)cc2Cl)ccc1O. The molecule has 4 rings (SSSR count). The van der Waals surface area contributed by atoms with Gasteiger partial charge < -0.3 is 19.7 Å². The Morgan fingerprint density at radius 2 is 1.07 bits per heavy atom. The maximum absolute atomic E-state index is 14.6. The van der Waals surface area contributed by atoms with Gasteiger partial charge in [-0.2, -0.15) is 0 Å². The van der Waals surface area contributed by atoms with Gasteiger partial charge in [0.25, 0.3) is 0 Å². The van der Waals surface area contributed by atoms with Crippen LogP contribution in [0.15, 0.2) is 84.9 Å². The summed E-state index contributed by atoms with van der Waals surface area (Å²) in [5.74, 6) is -1.18. The number of sulfone groups is 1. The number of methoxy groups -OCH3 is 2. The highest BCUT2D eigenvalue weighted by atomic mass is 35.5. The highest BCUT2D eigenvalue weighted by Gasteiger charge is 2.36. The van der Waals surface area contributed by atoms with E-state index in [0.717, 1.165) is 24.3 Å². The van der Waals surface area contributed by atoms with Gasteiger partial charge in [0.2, 0.25) is 0 Å². The molecule has 2 N–H and O–H groups in total. The molecule has 4 aromatic rings. The van der Waals surface area contributed by atoms with E-state index in [9.17, 15) is 27.4 Å². The number of benzene rings is 4. The highest BCUT2D eigenvalue weighted by molar-refractivity contribution is 7.92. The number of hydrogen-bond donors (Lipinski definition) is 2. The lowest BCUT2D eigenvalue weighted by Gasteiger charge is -2.23. The third kappa shape index (κ3) is 7.30. The molecule has 0 aliphatic rings. The summed E-state index contributed by atoms with van der Waals surface area (Å²) in [5, 5.41) is 16.8. The van der Waals surface area contributed by atoms with E-state index in [-0.39, 0.29) is 44.2 Å². The molecule has 0 aliphatic heterocycles. The molecule has 0 radical (unpaired) electrons. The lowest BCUT2D eigenvalue weighted by molar-refractivity contribution is 0.373. The van der Waals surface area contributed by atoms with E-state index < -0.39 is 32.0 Å². The van der Waals surface area contributed by atoms with Crippen molar-refractivity contribution in [3.8, 4) is 23.0 Å². The smallest absolute Gasteiger partial charge is 0.171 e. The Bertz CT molecular complexity index is 1680. The molecular weight excluding hydrogens is 621 g/mol. The van der Waals surface area contributed by atoms with Gasteiger partial charge in [0.05, 0.1) is 14.2 Å². The normalized spacial score (nSPS) is 13.3. The average molecular weight is 648 g/mol. The molecule has 0 fully saturated rings. The maximum atomic E-state index is 14.6. The Balaban J connectivity index is 1.90. The summed E-state index contributed by atoms with van der Waals surface area (Å²) in [5.41, 5.74) is 1.17. The van der Waals surface area contributed by atoms with Crippen molar-refractivity contribution in [2.45, 2.75) is 10.5 Å². The Kier molecular flexibility index (Phi) is 10.0. The first-order valence-corrected chi connectivity index (χ1v) is 15.0. The topological polar surface area (TPSA) is 93.1 Å². The van der Waals surface area contributed by atoms with Gasteiger partial charge in [-0.25, -0.2) is 17.2 Å². The van der Waals surface area contributed by atoms with Crippen molar-refractivity contribution in [2.75, 3.05) is 14.2 Å². The fourth-order valence-electron chi connectivity index (χ4n) is 4.40. The summed E-state index contributed by atoms with van der Waals surface area (Å²) in [4.78, 5) is 0. The van der Waals surface area contributed by atoms with Gasteiger partial charge in [-0.15, -0.1) is 0 Å². The predicted octanol–water partition coefficient (Wildman–Crippen LogP) is 8.32. The summed E-state index contributed by atoms with van der Waals surface area (Å²) in [6.07, 6.45) is 5.76. The monoisotopic (exact) mass is 646 g/mol. The summed E-state index contributed by atoms with van der Waals surface area (Å²) in [6, 6.07) is 15.7. The molecule has 224 valence electrons. The molecule has 6 nitrogen and oxygen atoms in total. The van der Waals surface area contributed by atoms with E-state index >= 15 is 0 Å². The second-order valence-corrected chi connectivity index (χ2v) is 12.4. The van der Waals surface area contributed by atoms with Gasteiger partial charge in [-0.1, -0.05) is 71.8 Å². The van der Waals surface area contributed by atoms with Crippen LogP contribution in [0.4, 0.5) is 8.78 Å². The Labute approximate surface area is 258 Å². The number of aromatic hydroxyl groups is 2. The maximum Gasteiger partial charge on any atom is 0.171 e. The largest absolute Gasteiger partial charge is 0.504 e. The van der Waals surface area contributed by atoms with Crippen LogP contribution in [0.3, 0.4) is 0 Å². The minimum atomic E-state index is -4.38. The zero-order chi connectivity index (χ0) is 31.3. The van der Waals surface area contributed by atoms with E-state index in [2.05, 4.69) is 0 Å². The Morgan fingerprint density at radius 3 is 1.42 bits per heavy atom. The van der Waals surface area contributed by atoms with Crippen molar-refractivity contribution < 1.29 is 36.9 Å². The number of phenols is 2. The van der Waals surface area contributed by atoms with Crippen molar-refractivity contribution in [1.29, 1.82) is 0 Å². The molecule has 11 heteroatoms. The minimum Gasteiger partial charge on any atom is -0.504 e. The standard InChI is InChI=1S/C32H26Cl2F2O6S/c1-41-29-15-19(3-11-27(29)37)5-13-31(23-9-7-21(35)17-25(23)33)43(39,40)32(24-10-8-22(36)18-26(24)34)14-6-20-4-12-28(38)30(16-20)42-2/h3-18,31-32,37-38H,1-2H3. The van der Waals surface area contributed by atoms with E-state index in [0.29, 0.717) is 11.1 Å². The van der Waals surface area contributed by atoms with Crippen LogP contribution in [0, 0.1) is 11.6 Å². The third-order valence-electron chi connectivity index (χ3n) is 6.58. The zero-order valence-corrected chi connectivity index (χ0v) is 25.2. The van der Waals surface area contributed by atoms with Crippen LogP contribution in [0.1, 0.15) is 32.8 Å². The Morgan fingerprint density at radius 1 is 0.674 bits per heavy atom. The van der Waals surface area contributed by atoms with Gasteiger partial charge >= 0.3 is 0 Å². The van der Waals surface area contributed by atoms with Crippen LogP contribution in [-0.2, 0) is 9.84 Å². The van der Waals surface area contributed by atoms with Crippen LogP contribution in [0.5, 0.6) is 23.0 Å². The van der Waals surface area contributed by atoms with E-state index in [1.165, 1.54) is 74.9 Å². The second-order valence-electron chi connectivity index (χ2n) is 9.34. The van der Waals surface area contributed by atoms with Crippen molar-refractivity contribution in [2.24, 2.45) is 0 Å². The molecule has 43 heavy (non-hydrogen) atoms. The number of rotatable bonds is 10. The summed E-state index contributed by atoms with van der Waals surface area (Å²) >= 11 is 12.8. The molecule has 0 heterocycles. The van der Waals surface area contributed by atoms with Gasteiger partial charge in [-0.3, -0.25) is 0 Å². The number of ether oxygens (including phenoxy) is 2. The molecule has 0 bridgehead atoms. The third-order valence-corrected chi connectivity index (χ3v) is 9.47. The second kappa shape index (κ2) is 13.5. The van der Waals surface area contributed by atoms with Gasteiger partial charge in [-0.05, 0) is 70.8 Å². The molecule has 2 atom stereocenters. The van der Waals surface area contributed by atoms with E-state index in [1.54, 1.807) is 12.1 Å². The van der Waals surface area contributed by atoms with Crippen LogP contribution in [0.2, 0.25) is 10.0 Å². The minimum absolute atomic E-state index is 0.0907. The first-order valence-electron chi connectivity index (χ1n) is 12.7. The van der Waals surface area contributed by atoms with Crippen molar-refractivity contribution in [1.82, 2.24) is 0 Å². The Hall–Kier alpha value is -4.05. The molecule has 0 saturated carbocycles. The van der Waals surface area contributed by atoms with Crippen molar-refractivity contribution in [3.63, 3.8) is 0 Å². The molecule has 0 aliphatic carbocycles. The lowest BCUT2D eigenvalue weighted by Crippen LogP contribution is -2.19. The van der Waals surface area contributed by atoms with Gasteiger partial charge in [0, 0.05) is 10.0 Å². The molecule has 2 unspecified atom stereocenters. The lowest BCUT2D eigenvalue weighted by atomic mass is 10.1. The van der Waals surface area contributed by atoms with E-state index in [4.69, 9.17) is 32.7 Å². The van der Waals surface area contributed by atoms with Gasteiger partial charge in [0.15, 0.2) is 32.8 Å². The number of phenolic OH excluding ortho intramolecular Hbond substituents is 2. The number of halogens is 4. The fourth-order valence-corrected chi connectivity index (χ4v) is 7.12. The van der Waals surface area contributed by atoms with Crippen LogP contribution < -0.4 is 9.47 Å². The van der Waals surface area contributed by atoms with Gasteiger partial charge in [0.1, 0.15) is 22.1 Å². The van der Waals surface area contributed by atoms with Crippen LogP contribution in [0.25, 0.3) is 12.2 Å². The average Bonchev–Trinajstić information content (AvgIpc) is 2.96. The zero-order valence-electron chi connectivity index (χ0n) is 22.8. The molecule has 0 spiro atoms. The highest BCUT2D eigenvalue weighted by Crippen LogP contribution is 2.42. The number of hydrogen-bond acceptors (Lipinski definition) is 6. The molecular formula is C32H26Cl2F2O6S. The first kappa shape index (κ1) is 31.9. The first-order chi connectivity index (χ1) is 20.4. The summed E-state index contributed by atoms with van der Waals surface area (Å²) in [7, 11) is -1.62. The molecule has 4 aromatic carbocycles. The summed E-state index contributed by atoms with van der Waals surface area (Å²) in [6.45, 7) is 0. The van der Waals surface area contributed by atoms with Crippen LogP contribution in [-0.4, -0.2) is 32.9 Å². The predicted molar refractivity (Wildman–Crippen MR) is 165 cm³/mol. The molecule has 0 aromatic heterocycles. The molecule has 0 amide bonds. The fraction of sp³-hybridized carbons (Fsp3) is 0.125. The van der Waals surface area contributed by atoms with E-state index in [1.807, 2.05) is 0 Å². The van der Waals surface area contributed by atoms with Crippen LogP contribution >= 0.6 is 23.2 Å². The quantitative estimate of drug-likeness (QED) is 0.180. The van der Waals surface area contributed by atoms with Crippen molar-refractivity contribution in [3.05, 3.63) is 129 Å². The summed E-state index contributed by atoms with van der Waals surface area (Å²) < 4.78 is 67.5.